The maximum atomic E-state index is 2.53. The minimum absolute atomic E-state index is 0.0854. The molecule has 0 radical (unpaired) electrons. The Balaban J connectivity index is 1.26. The zero-order chi connectivity index (χ0) is 41.0. The smallest absolute Gasteiger partial charge is 0.0546 e. The van der Waals surface area contributed by atoms with Gasteiger partial charge >= 0.3 is 0 Å². The van der Waals surface area contributed by atoms with Crippen LogP contribution in [-0.2, 0) is 10.8 Å². The molecule has 0 saturated carbocycles. The lowest BCUT2D eigenvalue weighted by molar-refractivity contribution is 0.590. The molecule has 1 nitrogen and oxygen atoms in total. The van der Waals surface area contributed by atoms with Gasteiger partial charge in [0.1, 0.15) is 0 Å². The maximum Gasteiger partial charge on any atom is 0.0546 e. The van der Waals surface area contributed by atoms with Gasteiger partial charge in [0.25, 0.3) is 0 Å². The maximum absolute atomic E-state index is 2.53. The molecule has 10 rings (SSSR count). The van der Waals surface area contributed by atoms with Gasteiger partial charge in [0.2, 0.25) is 0 Å². The molecule has 1 aliphatic rings. The first-order valence-electron chi connectivity index (χ1n) is 21.2. The van der Waals surface area contributed by atoms with Gasteiger partial charge in [-0.2, -0.15) is 0 Å². The average Bonchev–Trinajstić information content (AvgIpc) is 3.52. The standard InChI is InChI=1S/C59H49N/c1-58(2,3)47-31-27-41(28-32-47)45-30-35-55(52(38-45)42-19-10-7-11-20-42)60(48-33-34-51-50-25-14-15-26-53(50)59(4,5)54(51)39-48)56-36-29-43-21-12-13-24-49(43)57(56)46-23-16-22-44(37-46)40-17-8-6-9-18-40/h6-39H,1-5H3. The monoisotopic (exact) mass is 771 g/mol. The lowest BCUT2D eigenvalue weighted by Crippen LogP contribution is -2.17. The minimum atomic E-state index is -0.158. The molecule has 0 fully saturated rings. The van der Waals surface area contributed by atoms with Gasteiger partial charge in [-0.15, -0.1) is 0 Å². The molecule has 0 atom stereocenters. The fourth-order valence-corrected chi connectivity index (χ4v) is 9.40. The SMILES string of the molecule is CC(C)(C)c1ccc(-c2ccc(N(c3ccc4c(c3)C(C)(C)c3ccccc3-4)c3ccc4ccccc4c3-c3cccc(-c4ccccc4)c3)c(-c3ccccc3)c2)cc1. The molecule has 0 saturated heterocycles. The lowest BCUT2D eigenvalue weighted by Gasteiger charge is -2.32. The molecular formula is C59H49N. The molecule has 1 aliphatic carbocycles. The van der Waals surface area contributed by atoms with Crippen molar-refractivity contribution in [3.63, 3.8) is 0 Å². The van der Waals surface area contributed by atoms with Gasteiger partial charge in [0, 0.05) is 22.2 Å². The third-order valence-corrected chi connectivity index (χ3v) is 12.6. The second-order valence-corrected chi connectivity index (χ2v) is 17.8. The highest BCUT2D eigenvalue weighted by Crippen LogP contribution is 2.53. The van der Waals surface area contributed by atoms with E-state index in [-0.39, 0.29) is 10.8 Å². The van der Waals surface area contributed by atoms with Gasteiger partial charge < -0.3 is 4.90 Å². The predicted molar refractivity (Wildman–Crippen MR) is 257 cm³/mol. The Labute approximate surface area is 355 Å². The molecule has 0 aliphatic heterocycles. The van der Waals surface area contributed by atoms with E-state index >= 15 is 0 Å². The summed E-state index contributed by atoms with van der Waals surface area (Å²) in [5, 5.41) is 2.43. The summed E-state index contributed by atoms with van der Waals surface area (Å²) in [5.74, 6) is 0. The number of hydrogen-bond acceptors (Lipinski definition) is 1. The molecule has 1 heteroatoms. The number of hydrogen-bond donors (Lipinski definition) is 0. The number of fused-ring (bicyclic) bond motifs is 4. The fraction of sp³-hybridized carbons (Fsp3) is 0.119. The highest BCUT2D eigenvalue weighted by molar-refractivity contribution is 6.07. The Kier molecular flexibility index (Phi) is 9.14. The highest BCUT2D eigenvalue weighted by Gasteiger charge is 2.36. The molecular weight excluding hydrogens is 723 g/mol. The van der Waals surface area contributed by atoms with Crippen molar-refractivity contribution in [2.24, 2.45) is 0 Å². The van der Waals surface area contributed by atoms with Gasteiger partial charge in [-0.1, -0.05) is 204 Å². The summed E-state index contributed by atoms with van der Waals surface area (Å²) in [5.41, 5.74) is 19.5. The van der Waals surface area contributed by atoms with Crippen LogP contribution in [0.25, 0.3) is 66.4 Å². The minimum Gasteiger partial charge on any atom is -0.309 e. The van der Waals surface area contributed by atoms with E-state index in [1.54, 1.807) is 0 Å². The van der Waals surface area contributed by atoms with Crippen LogP contribution in [-0.4, -0.2) is 0 Å². The van der Waals surface area contributed by atoms with Gasteiger partial charge in [-0.05, 0) is 114 Å². The van der Waals surface area contributed by atoms with Gasteiger partial charge in [-0.3, -0.25) is 0 Å². The summed E-state index contributed by atoms with van der Waals surface area (Å²) in [6.45, 7) is 11.6. The van der Waals surface area contributed by atoms with Crippen LogP contribution in [0, 0.1) is 0 Å². The van der Waals surface area contributed by atoms with E-state index in [1.807, 2.05) is 0 Å². The Morgan fingerprint density at radius 2 is 0.967 bits per heavy atom. The van der Waals surface area contributed by atoms with Crippen molar-refractivity contribution in [1.29, 1.82) is 0 Å². The largest absolute Gasteiger partial charge is 0.309 e. The zero-order valence-corrected chi connectivity index (χ0v) is 35.1. The van der Waals surface area contributed by atoms with E-state index in [9.17, 15) is 0 Å². The van der Waals surface area contributed by atoms with Crippen LogP contribution in [0.4, 0.5) is 17.1 Å². The zero-order valence-electron chi connectivity index (χ0n) is 35.1. The highest BCUT2D eigenvalue weighted by atomic mass is 15.1. The number of benzene rings is 9. The topological polar surface area (TPSA) is 3.24 Å². The molecule has 9 aromatic carbocycles. The normalized spacial score (nSPS) is 12.9. The lowest BCUT2D eigenvalue weighted by atomic mass is 9.82. The fourth-order valence-electron chi connectivity index (χ4n) is 9.40. The predicted octanol–water partition coefficient (Wildman–Crippen LogP) is 16.6. The summed E-state index contributed by atoms with van der Waals surface area (Å²) in [6.07, 6.45) is 0. The summed E-state index contributed by atoms with van der Waals surface area (Å²) in [7, 11) is 0. The van der Waals surface area contributed by atoms with Crippen molar-refractivity contribution >= 4 is 27.8 Å². The van der Waals surface area contributed by atoms with E-state index < -0.39 is 0 Å². The van der Waals surface area contributed by atoms with Crippen LogP contribution in [0.15, 0.2) is 206 Å². The summed E-state index contributed by atoms with van der Waals surface area (Å²) in [4.78, 5) is 2.53. The van der Waals surface area contributed by atoms with Gasteiger partial charge in [0.05, 0.1) is 11.4 Å². The van der Waals surface area contributed by atoms with Crippen LogP contribution < -0.4 is 4.90 Å². The Morgan fingerprint density at radius 3 is 1.73 bits per heavy atom. The molecule has 0 unspecified atom stereocenters. The van der Waals surface area contributed by atoms with Crippen molar-refractivity contribution in [3.05, 3.63) is 223 Å². The molecule has 290 valence electrons. The molecule has 9 aromatic rings. The van der Waals surface area contributed by atoms with Crippen molar-refractivity contribution in [3.8, 4) is 55.6 Å². The Bertz CT molecular complexity index is 3020. The van der Waals surface area contributed by atoms with E-state index in [0.717, 1.165) is 17.1 Å². The first-order valence-corrected chi connectivity index (χ1v) is 21.2. The number of rotatable bonds is 7. The van der Waals surface area contributed by atoms with Crippen molar-refractivity contribution < 1.29 is 0 Å². The summed E-state index contributed by atoms with van der Waals surface area (Å²) >= 11 is 0. The van der Waals surface area contributed by atoms with Crippen molar-refractivity contribution in [1.82, 2.24) is 0 Å². The molecule has 0 heterocycles. The van der Waals surface area contributed by atoms with Crippen LogP contribution in [0.3, 0.4) is 0 Å². The molecule has 0 amide bonds. The van der Waals surface area contributed by atoms with E-state index in [0.29, 0.717) is 0 Å². The van der Waals surface area contributed by atoms with E-state index in [4.69, 9.17) is 0 Å². The van der Waals surface area contributed by atoms with E-state index in [1.165, 1.54) is 83.1 Å². The quantitative estimate of drug-likeness (QED) is 0.156. The molecule has 0 aromatic heterocycles. The van der Waals surface area contributed by atoms with Gasteiger partial charge in [-0.25, -0.2) is 0 Å². The van der Waals surface area contributed by atoms with Crippen LogP contribution in [0.1, 0.15) is 51.3 Å². The summed E-state index contributed by atoms with van der Waals surface area (Å²) < 4.78 is 0. The second kappa shape index (κ2) is 14.7. The van der Waals surface area contributed by atoms with Crippen LogP contribution in [0.2, 0.25) is 0 Å². The van der Waals surface area contributed by atoms with Gasteiger partial charge in [0.15, 0.2) is 0 Å². The Hall–Kier alpha value is -6.96. The molecule has 0 spiro atoms. The number of nitrogens with zero attached hydrogens (tertiary/aromatic N) is 1. The molecule has 0 N–H and O–H groups in total. The number of anilines is 3. The third-order valence-electron chi connectivity index (χ3n) is 12.6. The first kappa shape index (κ1) is 37.3. The summed E-state index contributed by atoms with van der Waals surface area (Å²) in [6, 6.07) is 76.4. The first-order chi connectivity index (χ1) is 29.1. The Morgan fingerprint density at radius 1 is 0.383 bits per heavy atom. The molecule has 0 bridgehead atoms. The van der Waals surface area contributed by atoms with Crippen LogP contribution in [0.5, 0.6) is 0 Å². The average molecular weight is 772 g/mol. The van der Waals surface area contributed by atoms with Crippen molar-refractivity contribution in [2.45, 2.75) is 45.4 Å². The third kappa shape index (κ3) is 6.52. The molecule has 60 heavy (non-hydrogen) atoms. The second-order valence-electron chi connectivity index (χ2n) is 17.8. The van der Waals surface area contributed by atoms with Crippen LogP contribution >= 0.6 is 0 Å². The van der Waals surface area contributed by atoms with E-state index in [2.05, 4.69) is 246 Å². The van der Waals surface area contributed by atoms with Crippen molar-refractivity contribution in [2.75, 3.05) is 4.90 Å².